The van der Waals surface area contributed by atoms with Crippen LogP contribution in [0.15, 0.2) is 29.0 Å². The number of piperazine rings is 1. The average Bonchev–Trinajstić information content (AvgIpc) is 3.29. The zero-order valence-corrected chi connectivity index (χ0v) is 16.9. The van der Waals surface area contributed by atoms with E-state index in [9.17, 15) is 9.59 Å². The highest BCUT2D eigenvalue weighted by molar-refractivity contribution is 5.93. The quantitative estimate of drug-likeness (QED) is 0.791. The molecule has 28 heavy (non-hydrogen) atoms. The SMILES string of the molecule is CC(C)C[C@H](NC(=O)c1cccn1C)c1nc(C(=O)N2CCN[C@H](C)C2)co1. The Bertz CT molecular complexity index is 825. The van der Waals surface area contributed by atoms with E-state index in [1.807, 2.05) is 26.2 Å². The van der Waals surface area contributed by atoms with Gasteiger partial charge in [0.25, 0.3) is 11.8 Å². The number of hydrogen-bond donors (Lipinski definition) is 2. The molecule has 0 unspecified atom stereocenters. The molecule has 152 valence electrons. The molecule has 0 aromatic carbocycles. The second kappa shape index (κ2) is 8.60. The third-order valence-electron chi connectivity index (χ3n) is 4.88. The molecule has 3 rings (SSSR count). The van der Waals surface area contributed by atoms with E-state index in [4.69, 9.17) is 4.42 Å². The second-order valence-corrected chi connectivity index (χ2v) is 7.84. The molecule has 0 aliphatic carbocycles. The molecule has 1 saturated heterocycles. The van der Waals surface area contributed by atoms with Crippen molar-refractivity contribution in [3.63, 3.8) is 0 Å². The zero-order chi connectivity index (χ0) is 20.3. The van der Waals surface area contributed by atoms with Gasteiger partial charge in [-0.05, 0) is 31.4 Å². The standard InChI is InChI=1S/C20H29N5O3/c1-13(2)10-15(22-18(26)17-6-5-8-24(17)4)19-23-16(12-28-19)20(27)25-9-7-21-14(3)11-25/h5-6,8,12-15,21H,7,9-11H2,1-4H3,(H,22,26)/t14-,15+/m1/s1. The van der Waals surface area contributed by atoms with Crippen molar-refractivity contribution >= 4 is 11.8 Å². The highest BCUT2D eigenvalue weighted by atomic mass is 16.3. The predicted molar refractivity (Wildman–Crippen MR) is 105 cm³/mol. The van der Waals surface area contributed by atoms with Gasteiger partial charge in [-0.1, -0.05) is 13.8 Å². The van der Waals surface area contributed by atoms with E-state index in [1.165, 1.54) is 6.26 Å². The molecule has 2 N–H and O–H groups in total. The number of hydrogen-bond acceptors (Lipinski definition) is 5. The first-order chi connectivity index (χ1) is 13.3. The van der Waals surface area contributed by atoms with E-state index < -0.39 is 6.04 Å². The third-order valence-corrected chi connectivity index (χ3v) is 4.88. The van der Waals surface area contributed by atoms with Crippen molar-refractivity contribution < 1.29 is 14.0 Å². The van der Waals surface area contributed by atoms with Gasteiger partial charge in [0, 0.05) is 38.9 Å². The molecule has 0 radical (unpaired) electrons. The Morgan fingerprint density at radius 2 is 2.21 bits per heavy atom. The van der Waals surface area contributed by atoms with Gasteiger partial charge in [-0.25, -0.2) is 4.98 Å². The molecular weight excluding hydrogens is 358 g/mol. The van der Waals surface area contributed by atoms with Gasteiger partial charge in [0.1, 0.15) is 18.0 Å². The minimum absolute atomic E-state index is 0.139. The van der Waals surface area contributed by atoms with Gasteiger partial charge >= 0.3 is 0 Å². The lowest BCUT2D eigenvalue weighted by atomic mass is 10.0. The van der Waals surface area contributed by atoms with Gasteiger partial charge in [-0.15, -0.1) is 0 Å². The van der Waals surface area contributed by atoms with Crippen molar-refractivity contribution in [1.29, 1.82) is 0 Å². The molecule has 2 amide bonds. The summed E-state index contributed by atoms with van der Waals surface area (Å²) in [6.07, 6.45) is 3.88. The van der Waals surface area contributed by atoms with Crippen LogP contribution in [0.3, 0.4) is 0 Å². The Kier molecular flexibility index (Phi) is 6.18. The molecule has 0 saturated carbocycles. The number of amides is 2. The number of aryl methyl sites for hydroxylation is 1. The summed E-state index contributed by atoms with van der Waals surface area (Å²) in [7, 11) is 1.82. The van der Waals surface area contributed by atoms with Gasteiger partial charge in [0.2, 0.25) is 5.89 Å². The highest BCUT2D eigenvalue weighted by Gasteiger charge is 2.27. The summed E-state index contributed by atoms with van der Waals surface area (Å²) < 4.78 is 7.38. The number of rotatable bonds is 6. The summed E-state index contributed by atoms with van der Waals surface area (Å²) in [6.45, 7) is 8.23. The van der Waals surface area contributed by atoms with Crippen LogP contribution < -0.4 is 10.6 Å². The maximum Gasteiger partial charge on any atom is 0.275 e. The first kappa shape index (κ1) is 20.1. The van der Waals surface area contributed by atoms with Crippen molar-refractivity contribution in [1.82, 2.24) is 25.1 Å². The Hall–Kier alpha value is -2.61. The lowest BCUT2D eigenvalue weighted by Gasteiger charge is -2.31. The molecule has 1 aliphatic rings. The number of carbonyl (C=O) groups excluding carboxylic acids is 2. The van der Waals surface area contributed by atoms with E-state index in [1.54, 1.807) is 15.5 Å². The topological polar surface area (TPSA) is 92.4 Å². The summed E-state index contributed by atoms with van der Waals surface area (Å²) in [6, 6.07) is 3.44. The van der Waals surface area contributed by atoms with Gasteiger partial charge in [-0.2, -0.15) is 0 Å². The summed E-state index contributed by atoms with van der Waals surface area (Å²) in [5.74, 6) is 0.349. The summed E-state index contributed by atoms with van der Waals surface area (Å²) in [4.78, 5) is 31.6. The average molecular weight is 387 g/mol. The van der Waals surface area contributed by atoms with Gasteiger partial charge in [0.15, 0.2) is 5.69 Å². The Balaban J connectivity index is 1.75. The van der Waals surface area contributed by atoms with E-state index in [2.05, 4.69) is 29.5 Å². The van der Waals surface area contributed by atoms with Crippen LogP contribution in [0.1, 0.15) is 60.1 Å². The largest absolute Gasteiger partial charge is 0.446 e. The molecule has 3 heterocycles. The number of oxazole rings is 1. The molecule has 8 heteroatoms. The van der Waals surface area contributed by atoms with Crippen LogP contribution in [0.4, 0.5) is 0 Å². The molecule has 2 atom stereocenters. The van der Waals surface area contributed by atoms with Crippen molar-refractivity contribution in [2.75, 3.05) is 19.6 Å². The van der Waals surface area contributed by atoms with Gasteiger partial charge in [-0.3, -0.25) is 9.59 Å². The van der Waals surface area contributed by atoms with Crippen LogP contribution in [-0.4, -0.2) is 51.9 Å². The fraction of sp³-hybridized carbons (Fsp3) is 0.550. The Labute approximate surface area is 165 Å². The van der Waals surface area contributed by atoms with E-state index >= 15 is 0 Å². The van der Waals surface area contributed by atoms with Crippen molar-refractivity contribution in [3.05, 3.63) is 41.9 Å². The maximum atomic E-state index is 12.7. The van der Waals surface area contributed by atoms with Crippen LogP contribution in [0.2, 0.25) is 0 Å². The lowest BCUT2D eigenvalue weighted by molar-refractivity contribution is 0.0703. The number of nitrogens with zero attached hydrogens (tertiary/aromatic N) is 3. The van der Waals surface area contributed by atoms with Gasteiger partial charge in [0.05, 0.1) is 0 Å². The predicted octanol–water partition coefficient (Wildman–Crippen LogP) is 1.96. The molecule has 2 aromatic rings. The molecule has 8 nitrogen and oxygen atoms in total. The summed E-state index contributed by atoms with van der Waals surface area (Å²) >= 11 is 0. The van der Waals surface area contributed by atoms with Crippen LogP contribution in [0, 0.1) is 5.92 Å². The molecule has 1 aliphatic heterocycles. The molecule has 0 spiro atoms. The minimum Gasteiger partial charge on any atom is -0.446 e. The maximum absolute atomic E-state index is 12.7. The first-order valence-electron chi connectivity index (χ1n) is 9.75. The fourth-order valence-corrected chi connectivity index (χ4v) is 3.45. The third kappa shape index (κ3) is 4.62. The van der Waals surface area contributed by atoms with Crippen LogP contribution in [-0.2, 0) is 7.05 Å². The number of aromatic nitrogens is 2. The smallest absolute Gasteiger partial charge is 0.275 e. The van der Waals surface area contributed by atoms with Gasteiger partial charge < -0.3 is 24.5 Å². The van der Waals surface area contributed by atoms with Crippen molar-refractivity contribution in [2.24, 2.45) is 13.0 Å². The normalized spacial score (nSPS) is 18.3. The van der Waals surface area contributed by atoms with Crippen molar-refractivity contribution in [3.8, 4) is 0 Å². The lowest BCUT2D eigenvalue weighted by Crippen LogP contribution is -2.51. The highest BCUT2D eigenvalue weighted by Crippen LogP contribution is 2.22. The van der Waals surface area contributed by atoms with E-state index in [-0.39, 0.29) is 23.6 Å². The molecule has 0 bridgehead atoms. The van der Waals surface area contributed by atoms with E-state index in [0.717, 1.165) is 6.54 Å². The number of carbonyl (C=O) groups is 2. The van der Waals surface area contributed by atoms with Crippen LogP contribution in [0.25, 0.3) is 0 Å². The Morgan fingerprint density at radius 1 is 1.43 bits per heavy atom. The monoisotopic (exact) mass is 387 g/mol. The Morgan fingerprint density at radius 3 is 2.86 bits per heavy atom. The first-order valence-corrected chi connectivity index (χ1v) is 9.75. The molecular formula is C20H29N5O3. The van der Waals surface area contributed by atoms with Crippen LogP contribution >= 0.6 is 0 Å². The molecule has 1 fully saturated rings. The van der Waals surface area contributed by atoms with Crippen molar-refractivity contribution in [2.45, 2.75) is 39.3 Å². The summed E-state index contributed by atoms with van der Waals surface area (Å²) in [5, 5.41) is 6.31. The summed E-state index contributed by atoms with van der Waals surface area (Å²) in [5.41, 5.74) is 0.845. The van der Waals surface area contributed by atoms with E-state index in [0.29, 0.717) is 37.0 Å². The number of nitrogens with one attached hydrogen (secondary N) is 2. The second-order valence-electron chi connectivity index (χ2n) is 7.84. The minimum atomic E-state index is -0.397. The zero-order valence-electron chi connectivity index (χ0n) is 16.9. The fourth-order valence-electron chi connectivity index (χ4n) is 3.45. The van der Waals surface area contributed by atoms with Crippen LogP contribution in [0.5, 0.6) is 0 Å². The molecule has 2 aromatic heterocycles.